The highest BCUT2D eigenvalue weighted by atomic mass is 19.2. The molecule has 182 valence electrons. The second-order valence-corrected chi connectivity index (χ2v) is 8.96. The second kappa shape index (κ2) is 11.0. The fourth-order valence-corrected chi connectivity index (χ4v) is 4.82. The van der Waals surface area contributed by atoms with Crippen LogP contribution in [0.4, 0.5) is 13.2 Å². The van der Waals surface area contributed by atoms with Gasteiger partial charge in [-0.1, -0.05) is 81.3 Å². The predicted molar refractivity (Wildman–Crippen MR) is 138 cm³/mol. The van der Waals surface area contributed by atoms with Crippen molar-refractivity contribution in [2.45, 2.75) is 52.4 Å². The highest BCUT2D eigenvalue weighted by Gasteiger charge is 2.21. The fraction of sp³-hybridized carbons (Fsp3) is 0.290. The first-order valence-electron chi connectivity index (χ1n) is 12.4. The van der Waals surface area contributed by atoms with Gasteiger partial charge in [0.25, 0.3) is 0 Å². The Balaban J connectivity index is 1.86. The Morgan fingerprint density at radius 2 is 1.40 bits per heavy atom. The van der Waals surface area contributed by atoms with Crippen molar-refractivity contribution in [1.82, 2.24) is 0 Å². The molecule has 4 aromatic rings. The zero-order valence-corrected chi connectivity index (χ0v) is 20.6. The predicted octanol–water partition coefficient (Wildman–Crippen LogP) is 9.28. The summed E-state index contributed by atoms with van der Waals surface area (Å²) in [7, 11) is 1.12. The molecule has 0 amide bonds. The van der Waals surface area contributed by atoms with Crippen molar-refractivity contribution in [3.8, 4) is 28.0 Å². The maximum Gasteiger partial charge on any atom is 0.204 e. The van der Waals surface area contributed by atoms with Crippen LogP contribution in [0.3, 0.4) is 0 Å². The first-order valence-corrected chi connectivity index (χ1v) is 12.4. The van der Waals surface area contributed by atoms with Gasteiger partial charge in [-0.3, -0.25) is 0 Å². The van der Waals surface area contributed by atoms with Crippen LogP contribution in [0.5, 0.6) is 5.75 Å². The molecule has 0 spiro atoms. The van der Waals surface area contributed by atoms with Gasteiger partial charge in [-0.2, -0.15) is 4.39 Å². The summed E-state index contributed by atoms with van der Waals surface area (Å²) in [6.45, 7) is 4.38. The van der Waals surface area contributed by atoms with E-state index in [1.165, 1.54) is 27.5 Å². The molecule has 0 saturated carbocycles. The molecule has 4 heteroatoms. The molecule has 0 aliphatic heterocycles. The molecule has 0 aliphatic carbocycles. The first-order chi connectivity index (χ1) is 17.0. The molecular weight excluding hydrogens is 445 g/mol. The van der Waals surface area contributed by atoms with E-state index in [4.69, 9.17) is 0 Å². The average Bonchev–Trinajstić information content (AvgIpc) is 2.88. The molecule has 0 bridgehead atoms. The Labute approximate surface area is 205 Å². The maximum absolute atomic E-state index is 14.7. The van der Waals surface area contributed by atoms with Crippen molar-refractivity contribution in [2.24, 2.45) is 0 Å². The number of unbranched alkanes of at least 4 members (excludes halogenated alkanes) is 2. The number of halogens is 3. The molecule has 4 aromatic carbocycles. The minimum Gasteiger partial charge on any atom is -0.491 e. The summed E-state index contributed by atoms with van der Waals surface area (Å²) in [6.07, 6.45) is 6.32. The van der Waals surface area contributed by atoms with Crippen molar-refractivity contribution in [1.29, 1.82) is 0 Å². The standard InChI is InChI=1S/C31H31F3O/c1-4-6-10-23-18-22-11-8-9-13-24(22)25(12-7-5-2)28(23)21-16-14-20(15-17-21)26-19-27(32)31(35-3)30(34)29(26)33/h8-9,11,13-19H,4-7,10,12H2,1-3H3. The van der Waals surface area contributed by atoms with E-state index >= 15 is 0 Å². The van der Waals surface area contributed by atoms with Crippen molar-refractivity contribution >= 4 is 10.8 Å². The molecular formula is C31H31F3O. The summed E-state index contributed by atoms with van der Waals surface area (Å²) in [5.74, 6) is -4.07. The zero-order valence-electron chi connectivity index (χ0n) is 20.6. The SMILES string of the molecule is CCCCc1cc2ccccc2c(CCCC)c1-c1ccc(-c2cc(F)c(OC)c(F)c2F)cc1. The van der Waals surface area contributed by atoms with Crippen LogP contribution in [-0.4, -0.2) is 7.11 Å². The van der Waals surface area contributed by atoms with Crippen LogP contribution in [0.25, 0.3) is 33.0 Å². The topological polar surface area (TPSA) is 9.23 Å². The van der Waals surface area contributed by atoms with E-state index in [1.54, 1.807) is 12.1 Å². The molecule has 35 heavy (non-hydrogen) atoms. The van der Waals surface area contributed by atoms with Crippen LogP contribution in [0.15, 0.2) is 60.7 Å². The van der Waals surface area contributed by atoms with Gasteiger partial charge < -0.3 is 4.74 Å². The van der Waals surface area contributed by atoms with Crippen molar-refractivity contribution < 1.29 is 17.9 Å². The van der Waals surface area contributed by atoms with E-state index in [0.29, 0.717) is 5.56 Å². The minimum absolute atomic E-state index is 0.122. The van der Waals surface area contributed by atoms with Gasteiger partial charge in [0.05, 0.1) is 7.11 Å². The maximum atomic E-state index is 14.7. The van der Waals surface area contributed by atoms with Gasteiger partial charge in [-0.05, 0) is 70.3 Å². The normalized spacial score (nSPS) is 11.3. The Morgan fingerprint density at radius 1 is 0.743 bits per heavy atom. The number of rotatable bonds is 9. The number of ether oxygens (including phenoxy) is 1. The average molecular weight is 477 g/mol. The molecule has 0 heterocycles. The summed E-state index contributed by atoms with van der Waals surface area (Å²) in [5.41, 5.74) is 5.19. The summed E-state index contributed by atoms with van der Waals surface area (Å²) < 4.78 is 47.9. The third kappa shape index (κ3) is 4.93. The Kier molecular flexibility index (Phi) is 7.80. The van der Waals surface area contributed by atoms with Gasteiger partial charge in [0, 0.05) is 5.56 Å². The van der Waals surface area contributed by atoms with E-state index in [2.05, 4.69) is 48.9 Å². The smallest absolute Gasteiger partial charge is 0.204 e. The van der Waals surface area contributed by atoms with Gasteiger partial charge in [0.1, 0.15) is 0 Å². The molecule has 0 saturated heterocycles. The van der Waals surface area contributed by atoms with Gasteiger partial charge >= 0.3 is 0 Å². The fourth-order valence-electron chi connectivity index (χ4n) is 4.82. The van der Waals surface area contributed by atoms with Gasteiger partial charge in [-0.15, -0.1) is 0 Å². The number of hydrogen-bond donors (Lipinski definition) is 0. The van der Waals surface area contributed by atoms with E-state index < -0.39 is 23.2 Å². The lowest BCUT2D eigenvalue weighted by Gasteiger charge is -2.19. The van der Waals surface area contributed by atoms with E-state index in [9.17, 15) is 13.2 Å². The van der Waals surface area contributed by atoms with E-state index in [0.717, 1.165) is 57.3 Å². The number of hydrogen-bond acceptors (Lipinski definition) is 1. The van der Waals surface area contributed by atoms with Gasteiger partial charge in [0.15, 0.2) is 17.4 Å². The molecule has 0 radical (unpaired) electrons. The molecule has 0 unspecified atom stereocenters. The molecule has 0 aromatic heterocycles. The Morgan fingerprint density at radius 3 is 2.09 bits per heavy atom. The third-order valence-electron chi connectivity index (χ3n) is 6.62. The number of fused-ring (bicyclic) bond motifs is 1. The van der Waals surface area contributed by atoms with Crippen LogP contribution >= 0.6 is 0 Å². The zero-order chi connectivity index (χ0) is 24.9. The number of methoxy groups -OCH3 is 1. The molecule has 0 N–H and O–H groups in total. The lowest BCUT2D eigenvalue weighted by atomic mass is 9.85. The number of benzene rings is 4. The number of aryl methyl sites for hydroxylation is 2. The van der Waals surface area contributed by atoms with E-state index in [1.807, 2.05) is 12.1 Å². The van der Waals surface area contributed by atoms with Crippen LogP contribution in [-0.2, 0) is 12.8 Å². The first kappa shape index (κ1) is 24.8. The van der Waals surface area contributed by atoms with Crippen LogP contribution < -0.4 is 4.74 Å². The highest BCUT2D eigenvalue weighted by Crippen LogP contribution is 2.38. The summed E-state index contributed by atoms with van der Waals surface area (Å²) in [5, 5.41) is 2.50. The summed E-state index contributed by atoms with van der Waals surface area (Å²) >= 11 is 0. The summed E-state index contributed by atoms with van der Waals surface area (Å²) in [4.78, 5) is 0. The van der Waals surface area contributed by atoms with Crippen LogP contribution in [0, 0.1) is 17.5 Å². The Bertz CT molecular complexity index is 1330. The highest BCUT2D eigenvalue weighted by molar-refractivity contribution is 5.94. The quantitative estimate of drug-likeness (QED) is 0.219. The lowest BCUT2D eigenvalue weighted by Crippen LogP contribution is -2.00. The molecule has 1 nitrogen and oxygen atoms in total. The second-order valence-electron chi connectivity index (χ2n) is 8.96. The van der Waals surface area contributed by atoms with Crippen molar-refractivity contribution in [3.63, 3.8) is 0 Å². The van der Waals surface area contributed by atoms with Crippen LogP contribution in [0.2, 0.25) is 0 Å². The molecule has 0 aliphatic rings. The van der Waals surface area contributed by atoms with Crippen molar-refractivity contribution in [2.75, 3.05) is 7.11 Å². The monoisotopic (exact) mass is 476 g/mol. The largest absolute Gasteiger partial charge is 0.491 e. The molecule has 0 atom stereocenters. The van der Waals surface area contributed by atoms with Gasteiger partial charge in [-0.25, -0.2) is 8.78 Å². The molecule has 0 fully saturated rings. The van der Waals surface area contributed by atoms with Crippen LogP contribution in [0.1, 0.15) is 50.7 Å². The Hall–Kier alpha value is -3.27. The third-order valence-corrected chi connectivity index (χ3v) is 6.62. The minimum atomic E-state index is -1.31. The van der Waals surface area contributed by atoms with Crippen molar-refractivity contribution in [3.05, 3.63) is 89.2 Å². The summed E-state index contributed by atoms with van der Waals surface area (Å²) in [6, 6.07) is 19.1. The van der Waals surface area contributed by atoms with E-state index in [-0.39, 0.29) is 5.56 Å². The van der Waals surface area contributed by atoms with Gasteiger partial charge in [0.2, 0.25) is 5.82 Å². The lowest BCUT2D eigenvalue weighted by molar-refractivity contribution is 0.347. The molecule has 4 rings (SSSR count).